The van der Waals surface area contributed by atoms with Gasteiger partial charge in [-0.15, -0.1) is 22.7 Å². The summed E-state index contributed by atoms with van der Waals surface area (Å²) >= 11 is 4.14. The lowest BCUT2D eigenvalue weighted by Gasteiger charge is -2.30. The van der Waals surface area contributed by atoms with Gasteiger partial charge in [0.15, 0.2) is 6.04 Å². The Labute approximate surface area is 162 Å². The minimum absolute atomic E-state index is 0.0597. The summed E-state index contributed by atoms with van der Waals surface area (Å²) in [5, 5.41) is 30.9. The van der Waals surface area contributed by atoms with Crippen LogP contribution in [0.4, 0.5) is 0 Å². The Morgan fingerprint density at radius 1 is 1.19 bits per heavy atom. The Kier molecular flexibility index (Phi) is 4.25. The van der Waals surface area contributed by atoms with Crippen LogP contribution in [0.3, 0.4) is 0 Å². The Morgan fingerprint density at radius 3 is 2.58 bits per heavy atom. The van der Waals surface area contributed by atoms with Gasteiger partial charge >= 0.3 is 0 Å². The summed E-state index contributed by atoms with van der Waals surface area (Å²) in [6.45, 7) is 0. The Bertz CT molecular complexity index is 1040. The summed E-state index contributed by atoms with van der Waals surface area (Å²) in [6, 6.07) is 10.7. The van der Waals surface area contributed by atoms with Gasteiger partial charge in [0.25, 0.3) is 0 Å². The number of nitrogens with one attached hydrogen (secondary N) is 1. The quantitative estimate of drug-likeness (QED) is 0.827. The molecule has 126 valence electrons. The smallest absolute Gasteiger partial charge is 0.247 e. The highest BCUT2D eigenvalue weighted by atomic mass is 32.2. The summed E-state index contributed by atoms with van der Waals surface area (Å²) in [6.07, 6.45) is 1.78. The Morgan fingerprint density at radius 2 is 1.96 bits per heavy atom. The largest absolute Gasteiger partial charge is 0.301 e. The maximum atomic E-state index is 13.1. The van der Waals surface area contributed by atoms with Crippen LogP contribution in [-0.4, -0.2) is 22.6 Å². The maximum absolute atomic E-state index is 13.1. The van der Waals surface area contributed by atoms with Gasteiger partial charge < -0.3 is 5.41 Å². The molecule has 0 saturated carbocycles. The molecule has 2 aromatic heterocycles. The molecule has 5 nitrogen and oxygen atoms in total. The molecule has 2 atom stereocenters. The van der Waals surface area contributed by atoms with Crippen LogP contribution in [0.5, 0.6) is 0 Å². The van der Waals surface area contributed by atoms with E-state index in [1.54, 1.807) is 6.08 Å². The SMILES string of the molecule is N#CC1=C2/C(=C/c3cccs3)C(=N)C(C#N)N2C(=O)[C@H](c2cccs2)S1. The molecule has 0 aliphatic carbocycles. The van der Waals surface area contributed by atoms with Crippen LogP contribution in [0.25, 0.3) is 6.08 Å². The number of nitriles is 2. The van der Waals surface area contributed by atoms with E-state index in [1.807, 2.05) is 35.0 Å². The lowest BCUT2D eigenvalue weighted by Crippen LogP contribution is -2.40. The number of amides is 1. The molecule has 2 aliphatic rings. The monoisotopic (exact) mass is 394 g/mol. The van der Waals surface area contributed by atoms with Crippen LogP contribution < -0.4 is 0 Å². The van der Waals surface area contributed by atoms with E-state index >= 15 is 0 Å². The molecule has 0 bridgehead atoms. The van der Waals surface area contributed by atoms with Crippen molar-refractivity contribution in [2.24, 2.45) is 0 Å². The molecule has 0 aromatic carbocycles. The third-order valence-corrected chi connectivity index (χ3v) is 7.20. The normalized spacial score (nSPS) is 23.9. The number of hydrogen-bond acceptors (Lipinski definition) is 7. The van der Waals surface area contributed by atoms with E-state index < -0.39 is 11.3 Å². The maximum Gasteiger partial charge on any atom is 0.247 e. The van der Waals surface area contributed by atoms with Gasteiger partial charge in [-0.1, -0.05) is 23.9 Å². The molecule has 1 N–H and O–H groups in total. The summed E-state index contributed by atoms with van der Waals surface area (Å²) in [5.74, 6) is -0.252. The number of hydrogen-bond donors (Lipinski definition) is 1. The molecule has 4 heterocycles. The number of thioether (sulfide) groups is 1. The highest BCUT2D eigenvalue weighted by Crippen LogP contribution is 2.49. The first kappa shape index (κ1) is 16.8. The van der Waals surface area contributed by atoms with Gasteiger partial charge in [0.1, 0.15) is 16.2 Å². The first-order valence-corrected chi connectivity index (χ1v) is 10.2. The number of carbonyl (C=O) groups is 1. The van der Waals surface area contributed by atoms with Gasteiger partial charge in [0.2, 0.25) is 5.91 Å². The average molecular weight is 395 g/mol. The molecule has 8 heteroatoms. The third kappa shape index (κ3) is 2.51. The molecule has 4 rings (SSSR count). The predicted octanol–water partition coefficient (Wildman–Crippen LogP) is 4.17. The zero-order valence-corrected chi connectivity index (χ0v) is 15.6. The van der Waals surface area contributed by atoms with E-state index in [2.05, 4.69) is 12.1 Å². The molecule has 0 spiro atoms. The number of thiophene rings is 2. The van der Waals surface area contributed by atoms with Crippen molar-refractivity contribution in [3.05, 3.63) is 61.0 Å². The van der Waals surface area contributed by atoms with E-state index in [0.717, 1.165) is 9.75 Å². The number of fused-ring (bicyclic) bond motifs is 1. The van der Waals surface area contributed by atoms with E-state index in [1.165, 1.54) is 39.3 Å². The van der Waals surface area contributed by atoms with Gasteiger partial charge in [-0.3, -0.25) is 9.69 Å². The molecule has 1 fully saturated rings. The van der Waals surface area contributed by atoms with Crippen molar-refractivity contribution in [2.75, 3.05) is 0 Å². The van der Waals surface area contributed by atoms with E-state index in [9.17, 15) is 15.3 Å². The fourth-order valence-corrected chi connectivity index (χ4v) is 5.65. The molecule has 1 saturated heterocycles. The molecule has 1 unspecified atom stereocenters. The van der Waals surface area contributed by atoms with E-state index in [0.29, 0.717) is 16.2 Å². The molecular formula is C18H10N4OS3. The summed E-state index contributed by atoms with van der Waals surface area (Å²) in [5.41, 5.74) is 0.922. The second kappa shape index (κ2) is 6.58. The molecular weight excluding hydrogens is 384 g/mol. The Balaban J connectivity index is 1.90. The first-order valence-electron chi connectivity index (χ1n) is 7.57. The van der Waals surface area contributed by atoms with Crippen LogP contribution in [0.2, 0.25) is 0 Å². The molecule has 1 amide bonds. The first-order chi connectivity index (χ1) is 12.7. The van der Waals surface area contributed by atoms with Crippen LogP contribution in [-0.2, 0) is 4.79 Å². The predicted molar refractivity (Wildman–Crippen MR) is 104 cm³/mol. The summed E-state index contributed by atoms with van der Waals surface area (Å²) < 4.78 is 0. The number of carbonyl (C=O) groups excluding carboxylic acids is 1. The summed E-state index contributed by atoms with van der Waals surface area (Å²) in [7, 11) is 0. The standard InChI is InChI=1S/C18H10N4OS3/c19-8-12-15(21)11(7-10-3-1-5-24-10)16-14(9-20)26-17(18(23)22(12)16)13-4-2-6-25-13/h1-7,12,17,21H/b11-7+,21-15?/t12?,17-/m0/s1. The minimum atomic E-state index is -1.00. The Hall–Kier alpha value is -2.65. The van der Waals surface area contributed by atoms with Crippen LogP contribution >= 0.6 is 34.4 Å². The lowest BCUT2D eigenvalue weighted by molar-refractivity contribution is -0.128. The second-order valence-corrected chi connectivity index (χ2v) is 8.60. The number of rotatable bonds is 2. The van der Waals surface area contributed by atoms with Crippen LogP contribution in [0, 0.1) is 28.1 Å². The second-order valence-electron chi connectivity index (χ2n) is 5.53. The summed E-state index contributed by atoms with van der Waals surface area (Å²) in [4.78, 5) is 16.6. The van der Waals surface area contributed by atoms with Gasteiger partial charge in [-0.25, -0.2) is 0 Å². The fraction of sp³-hybridized carbons (Fsp3) is 0.111. The third-order valence-electron chi connectivity index (χ3n) is 4.09. The topological polar surface area (TPSA) is 91.7 Å². The van der Waals surface area contributed by atoms with Gasteiger partial charge in [-0.2, -0.15) is 10.5 Å². The number of allylic oxidation sites excluding steroid dienone is 2. The molecule has 26 heavy (non-hydrogen) atoms. The van der Waals surface area contributed by atoms with Crippen molar-refractivity contribution >= 4 is 52.1 Å². The van der Waals surface area contributed by atoms with Crippen LogP contribution in [0.1, 0.15) is 15.0 Å². The molecule has 2 aromatic rings. The van der Waals surface area contributed by atoms with Crippen molar-refractivity contribution < 1.29 is 4.79 Å². The van der Waals surface area contributed by atoms with Crippen LogP contribution in [0.15, 0.2) is 51.2 Å². The van der Waals surface area contributed by atoms with Crippen molar-refractivity contribution in [1.29, 1.82) is 15.9 Å². The number of nitrogens with zero attached hydrogens (tertiary/aromatic N) is 3. The van der Waals surface area contributed by atoms with Crippen molar-refractivity contribution in [2.45, 2.75) is 11.3 Å². The van der Waals surface area contributed by atoms with Gasteiger partial charge in [0, 0.05) is 15.3 Å². The van der Waals surface area contributed by atoms with Crippen molar-refractivity contribution in [1.82, 2.24) is 4.90 Å². The zero-order chi connectivity index (χ0) is 18.3. The van der Waals surface area contributed by atoms with Crippen molar-refractivity contribution in [3.8, 4) is 12.1 Å². The average Bonchev–Trinajstić information content (AvgIpc) is 3.38. The van der Waals surface area contributed by atoms with Gasteiger partial charge in [0.05, 0.1) is 17.5 Å². The molecule has 2 aliphatic heterocycles. The highest BCUT2D eigenvalue weighted by molar-refractivity contribution is 8.04. The lowest BCUT2D eigenvalue weighted by atomic mass is 10.1. The zero-order valence-electron chi connectivity index (χ0n) is 13.2. The minimum Gasteiger partial charge on any atom is -0.301 e. The van der Waals surface area contributed by atoms with E-state index in [-0.39, 0.29) is 11.6 Å². The van der Waals surface area contributed by atoms with E-state index in [4.69, 9.17) is 5.41 Å². The highest BCUT2D eigenvalue weighted by Gasteiger charge is 2.49. The fourth-order valence-electron chi connectivity index (χ4n) is 2.97. The van der Waals surface area contributed by atoms with Crippen molar-refractivity contribution in [3.63, 3.8) is 0 Å². The van der Waals surface area contributed by atoms with Gasteiger partial charge in [-0.05, 0) is 29.0 Å². The molecule has 0 radical (unpaired) electrons.